The highest BCUT2D eigenvalue weighted by Crippen LogP contribution is 2.26. The van der Waals surface area contributed by atoms with Crippen molar-refractivity contribution < 1.29 is 13.6 Å². The van der Waals surface area contributed by atoms with Crippen LogP contribution in [0.3, 0.4) is 0 Å². The van der Waals surface area contributed by atoms with Crippen LogP contribution >= 0.6 is 0 Å². The molecule has 0 saturated carbocycles. The normalized spacial score (nSPS) is 11.1. The Balaban J connectivity index is 1.95. The first-order chi connectivity index (χ1) is 9.80. The Morgan fingerprint density at radius 2 is 2.10 bits per heavy atom. The quantitative estimate of drug-likeness (QED) is 0.650. The summed E-state index contributed by atoms with van der Waals surface area (Å²) in [5, 5.41) is 0. The van der Waals surface area contributed by atoms with Gasteiger partial charge in [0.25, 0.3) is 0 Å². The lowest BCUT2D eigenvalue weighted by Crippen LogP contribution is -1.82. The third-order valence-corrected chi connectivity index (χ3v) is 3.20. The average molecular weight is 269 g/mol. The molecule has 20 heavy (non-hydrogen) atoms. The van der Waals surface area contributed by atoms with E-state index in [0.717, 1.165) is 41.8 Å². The zero-order chi connectivity index (χ0) is 13.9. The number of nitrogens with zero attached hydrogens (tertiary/aromatic N) is 1. The van der Waals surface area contributed by atoms with E-state index >= 15 is 0 Å². The number of benzene rings is 1. The molecule has 0 aliphatic rings. The predicted octanol–water partition coefficient (Wildman–Crippen LogP) is 4.24. The molecule has 0 aliphatic carbocycles. The number of hydrogen-bond donors (Lipinski definition) is 0. The van der Waals surface area contributed by atoms with Gasteiger partial charge in [-0.15, -0.1) is 0 Å². The summed E-state index contributed by atoms with van der Waals surface area (Å²) in [5.41, 5.74) is 2.49. The molecule has 1 aromatic carbocycles. The Bertz CT molecular complexity index is 739. The van der Waals surface area contributed by atoms with Gasteiger partial charge >= 0.3 is 0 Å². The molecular weight excluding hydrogens is 254 g/mol. The minimum atomic E-state index is 0.323. The number of aldehydes is 1. The molecule has 0 fully saturated rings. The molecule has 3 rings (SSSR count). The maximum atomic E-state index is 10.6. The van der Waals surface area contributed by atoms with Crippen molar-refractivity contribution in [2.75, 3.05) is 0 Å². The predicted molar refractivity (Wildman–Crippen MR) is 75.7 cm³/mol. The standard InChI is InChI=1S/C16H15NO3/c1-2-3-4-16-17-13-9-11(5-7-15(13)20-16)14-8-6-12(10-18)19-14/h5-10H,2-4H2,1H3. The van der Waals surface area contributed by atoms with E-state index in [9.17, 15) is 4.79 Å². The number of aryl methyl sites for hydroxylation is 1. The van der Waals surface area contributed by atoms with Gasteiger partial charge in [-0.1, -0.05) is 13.3 Å². The van der Waals surface area contributed by atoms with Gasteiger partial charge in [-0.05, 0) is 36.8 Å². The fourth-order valence-electron chi connectivity index (χ4n) is 2.13. The molecule has 0 bridgehead atoms. The van der Waals surface area contributed by atoms with Crippen LogP contribution in [0.2, 0.25) is 0 Å². The molecule has 0 N–H and O–H groups in total. The number of hydrogen-bond acceptors (Lipinski definition) is 4. The van der Waals surface area contributed by atoms with E-state index < -0.39 is 0 Å². The summed E-state index contributed by atoms with van der Waals surface area (Å²) in [4.78, 5) is 15.1. The number of oxazole rings is 1. The first kappa shape index (κ1) is 12.7. The molecule has 102 valence electrons. The highest BCUT2D eigenvalue weighted by atomic mass is 16.4. The minimum absolute atomic E-state index is 0.323. The van der Waals surface area contributed by atoms with Gasteiger partial charge < -0.3 is 8.83 Å². The van der Waals surface area contributed by atoms with Crippen molar-refractivity contribution in [3.8, 4) is 11.3 Å². The van der Waals surface area contributed by atoms with E-state index in [4.69, 9.17) is 8.83 Å². The van der Waals surface area contributed by atoms with Crippen molar-refractivity contribution in [2.24, 2.45) is 0 Å². The second kappa shape index (κ2) is 5.33. The fraction of sp³-hybridized carbons (Fsp3) is 0.250. The molecule has 0 aliphatic heterocycles. The number of carbonyl (C=O) groups excluding carboxylic acids is 1. The number of furan rings is 1. The smallest absolute Gasteiger partial charge is 0.195 e. The summed E-state index contributed by atoms with van der Waals surface area (Å²) in [5.74, 6) is 1.75. The van der Waals surface area contributed by atoms with Crippen LogP contribution in [0.25, 0.3) is 22.4 Å². The number of fused-ring (bicyclic) bond motifs is 1. The minimum Gasteiger partial charge on any atom is -0.453 e. The van der Waals surface area contributed by atoms with E-state index in [1.165, 1.54) is 0 Å². The molecule has 4 heteroatoms. The van der Waals surface area contributed by atoms with Gasteiger partial charge in [-0.25, -0.2) is 4.98 Å². The summed E-state index contributed by atoms with van der Waals surface area (Å²) in [7, 11) is 0. The lowest BCUT2D eigenvalue weighted by atomic mass is 10.1. The van der Waals surface area contributed by atoms with Crippen molar-refractivity contribution in [2.45, 2.75) is 26.2 Å². The van der Waals surface area contributed by atoms with Gasteiger partial charge in [0.1, 0.15) is 11.3 Å². The zero-order valence-corrected chi connectivity index (χ0v) is 11.3. The second-order valence-electron chi connectivity index (χ2n) is 4.71. The summed E-state index contributed by atoms with van der Waals surface area (Å²) in [6, 6.07) is 9.15. The van der Waals surface area contributed by atoms with Crippen LogP contribution in [0.1, 0.15) is 36.2 Å². The van der Waals surface area contributed by atoms with Crippen molar-refractivity contribution in [1.82, 2.24) is 4.98 Å². The van der Waals surface area contributed by atoms with E-state index in [0.29, 0.717) is 17.8 Å². The number of carbonyl (C=O) groups is 1. The maximum absolute atomic E-state index is 10.6. The Hall–Kier alpha value is -2.36. The molecular formula is C16H15NO3. The first-order valence-corrected chi connectivity index (χ1v) is 6.75. The highest BCUT2D eigenvalue weighted by molar-refractivity contribution is 5.80. The summed E-state index contributed by atoms with van der Waals surface area (Å²) in [6.45, 7) is 2.14. The average Bonchev–Trinajstić information content (AvgIpc) is 3.10. The van der Waals surface area contributed by atoms with E-state index in [1.54, 1.807) is 12.1 Å². The van der Waals surface area contributed by atoms with Crippen LogP contribution in [-0.2, 0) is 6.42 Å². The van der Waals surface area contributed by atoms with Gasteiger partial charge in [0, 0.05) is 12.0 Å². The molecule has 0 saturated heterocycles. The van der Waals surface area contributed by atoms with Gasteiger partial charge in [-0.3, -0.25) is 4.79 Å². The molecule has 2 aromatic heterocycles. The van der Waals surface area contributed by atoms with Gasteiger partial charge in [0.2, 0.25) is 0 Å². The van der Waals surface area contributed by atoms with Gasteiger partial charge in [0.15, 0.2) is 23.5 Å². The van der Waals surface area contributed by atoms with Crippen LogP contribution in [0.15, 0.2) is 39.2 Å². The topological polar surface area (TPSA) is 56.2 Å². The van der Waals surface area contributed by atoms with E-state index in [1.807, 2.05) is 18.2 Å². The largest absolute Gasteiger partial charge is 0.453 e. The van der Waals surface area contributed by atoms with Crippen LogP contribution in [0, 0.1) is 0 Å². The SMILES string of the molecule is CCCCc1nc2cc(-c3ccc(C=O)o3)ccc2o1. The Labute approximate surface area is 116 Å². The summed E-state index contributed by atoms with van der Waals surface area (Å²) < 4.78 is 11.1. The number of unbranched alkanes of at least 4 members (excludes halogenated alkanes) is 1. The summed E-state index contributed by atoms with van der Waals surface area (Å²) in [6.07, 6.45) is 3.74. The van der Waals surface area contributed by atoms with E-state index in [-0.39, 0.29) is 0 Å². The molecule has 2 heterocycles. The molecule has 4 nitrogen and oxygen atoms in total. The zero-order valence-electron chi connectivity index (χ0n) is 11.3. The van der Waals surface area contributed by atoms with Crippen molar-refractivity contribution >= 4 is 17.4 Å². The van der Waals surface area contributed by atoms with Crippen LogP contribution in [-0.4, -0.2) is 11.3 Å². The van der Waals surface area contributed by atoms with Crippen molar-refractivity contribution in [3.63, 3.8) is 0 Å². The third kappa shape index (κ3) is 2.37. The summed E-state index contributed by atoms with van der Waals surface area (Å²) >= 11 is 0. The van der Waals surface area contributed by atoms with Crippen LogP contribution in [0.5, 0.6) is 0 Å². The monoisotopic (exact) mass is 269 g/mol. The molecule has 3 aromatic rings. The molecule has 0 atom stereocenters. The highest BCUT2D eigenvalue weighted by Gasteiger charge is 2.09. The number of rotatable bonds is 5. The van der Waals surface area contributed by atoms with Crippen molar-refractivity contribution in [1.29, 1.82) is 0 Å². The number of aromatic nitrogens is 1. The van der Waals surface area contributed by atoms with Crippen LogP contribution in [0.4, 0.5) is 0 Å². The molecule has 0 spiro atoms. The lowest BCUT2D eigenvalue weighted by Gasteiger charge is -1.95. The Kier molecular flexibility index (Phi) is 3.37. The van der Waals surface area contributed by atoms with Crippen molar-refractivity contribution in [3.05, 3.63) is 42.0 Å². The van der Waals surface area contributed by atoms with Crippen LogP contribution < -0.4 is 0 Å². The van der Waals surface area contributed by atoms with E-state index in [2.05, 4.69) is 11.9 Å². The Morgan fingerprint density at radius 1 is 1.20 bits per heavy atom. The molecule has 0 amide bonds. The van der Waals surface area contributed by atoms with Gasteiger partial charge in [0.05, 0.1) is 0 Å². The third-order valence-electron chi connectivity index (χ3n) is 3.20. The molecule has 0 unspecified atom stereocenters. The second-order valence-corrected chi connectivity index (χ2v) is 4.71. The Morgan fingerprint density at radius 3 is 2.85 bits per heavy atom. The lowest BCUT2D eigenvalue weighted by molar-refractivity contribution is 0.110. The molecule has 0 radical (unpaired) electrons. The maximum Gasteiger partial charge on any atom is 0.195 e. The first-order valence-electron chi connectivity index (χ1n) is 6.75. The van der Waals surface area contributed by atoms with Gasteiger partial charge in [-0.2, -0.15) is 0 Å². The fourth-order valence-corrected chi connectivity index (χ4v) is 2.13.